The highest BCUT2D eigenvalue weighted by Gasteiger charge is 2.11. The second-order valence-corrected chi connectivity index (χ2v) is 6.10. The molecule has 0 aliphatic rings. The number of rotatable bonds is 13. The second kappa shape index (κ2) is 14.5. The number of ether oxygens (including phenoxy) is 1. The molecule has 0 atom stereocenters. The van der Waals surface area contributed by atoms with Gasteiger partial charge >= 0.3 is 5.97 Å². The van der Waals surface area contributed by atoms with Crippen LogP contribution >= 0.6 is 23.2 Å². The van der Waals surface area contributed by atoms with Crippen molar-refractivity contribution in [2.45, 2.75) is 82.4 Å². The van der Waals surface area contributed by atoms with Gasteiger partial charge in [-0.25, -0.2) is 4.79 Å². The summed E-state index contributed by atoms with van der Waals surface area (Å²) in [5, 5.41) is 0. The number of carbonyl (C=O) groups is 1. The van der Waals surface area contributed by atoms with Crippen molar-refractivity contribution in [3.63, 3.8) is 0 Å². The van der Waals surface area contributed by atoms with Gasteiger partial charge in [0.05, 0.1) is 6.61 Å². The molecule has 0 heterocycles. The van der Waals surface area contributed by atoms with Crippen molar-refractivity contribution in [2.24, 2.45) is 0 Å². The van der Waals surface area contributed by atoms with E-state index in [1.807, 2.05) is 0 Å². The number of halogens is 2. The zero-order valence-electron chi connectivity index (χ0n) is 12.1. The smallest absolute Gasteiger partial charge is 0.339 e. The van der Waals surface area contributed by atoms with E-state index in [0.717, 1.165) is 12.8 Å². The third-order valence-electron chi connectivity index (χ3n) is 3.17. The predicted octanol–water partition coefficient (Wildman–Crippen LogP) is 5.64. The van der Waals surface area contributed by atoms with Crippen molar-refractivity contribution in [3.05, 3.63) is 0 Å². The van der Waals surface area contributed by atoms with E-state index in [1.54, 1.807) is 0 Å². The SMILES string of the molecule is CCCCCCCCCCCCCOC(=O)C(Cl)Cl. The summed E-state index contributed by atoms with van der Waals surface area (Å²) < 4.78 is 4.88. The molecule has 2 nitrogen and oxygen atoms in total. The van der Waals surface area contributed by atoms with E-state index in [4.69, 9.17) is 27.9 Å². The van der Waals surface area contributed by atoms with E-state index < -0.39 is 10.8 Å². The zero-order valence-corrected chi connectivity index (χ0v) is 13.6. The number of unbranched alkanes of at least 4 members (excludes halogenated alkanes) is 10. The summed E-state index contributed by atoms with van der Waals surface area (Å²) in [7, 11) is 0. The predicted molar refractivity (Wildman–Crippen MR) is 82.9 cm³/mol. The first-order chi connectivity index (χ1) is 9.18. The molecule has 0 amide bonds. The van der Waals surface area contributed by atoms with Gasteiger partial charge in [0.2, 0.25) is 4.84 Å². The lowest BCUT2D eigenvalue weighted by Gasteiger charge is -2.05. The van der Waals surface area contributed by atoms with Gasteiger partial charge in [0.1, 0.15) is 0 Å². The summed E-state index contributed by atoms with van der Waals surface area (Å²) in [6.07, 6.45) is 14.1. The molecule has 0 rings (SSSR count). The molecular weight excluding hydrogens is 283 g/mol. The first kappa shape index (κ1) is 19.1. The van der Waals surface area contributed by atoms with Crippen molar-refractivity contribution in [1.29, 1.82) is 0 Å². The quantitative estimate of drug-likeness (QED) is 0.250. The fourth-order valence-electron chi connectivity index (χ4n) is 2.00. The molecule has 0 radical (unpaired) electrons. The zero-order chi connectivity index (χ0) is 14.3. The van der Waals surface area contributed by atoms with Gasteiger partial charge in [-0.15, -0.1) is 0 Å². The summed E-state index contributed by atoms with van der Waals surface area (Å²) in [5.41, 5.74) is 0. The first-order valence-electron chi connectivity index (χ1n) is 7.63. The Morgan fingerprint density at radius 3 is 1.68 bits per heavy atom. The molecule has 0 aromatic heterocycles. The maximum absolute atomic E-state index is 10.9. The van der Waals surface area contributed by atoms with Crippen molar-refractivity contribution in [3.8, 4) is 0 Å². The highest BCUT2D eigenvalue weighted by atomic mass is 35.5. The molecule has 0 aromatic rings. The van der Waals surface area contributed by atoms with Crippen LogP contribution in [-0.4, -0.2) is 17.4 Å². The lowest BCUT2D eigenvalue weighted by atomic mass is 10.1. The fourth-order valence-corrected chi connectivity index (χ4v) is 2.13. The highest BCUT2D eigenvalue weighted by Crippen LogP contribution is 2.11. The van der Waals surface area contributed by atoms with E-state index in [1.165, 1.54) is 57.8 Å². The maximum Gasteiger partial charge on any atom is 0.339 e. The third-order valence-corrected chi connectivity index (χ3v) is 3.53. The van der Waals surface area contributed by atoms with Gasteiger partial charge in [-0.1, -0.05) is 94.3 Å². The Kier molecular flexibility index (Phi) is 14.5. The molecule has 19 heavy (non-hydrogen) atoms. The minimum atomic E-state index is -1.05. The van der Waals surface area contributed by atoms with Crippen LogP contribution in [0, 0.1) is 0 Å². The van der Waals surface area contributed by atoms with E-state index >= 15 is 0 Å². The van der Waals surface area contributed by atoms with Crippen molar-refractivity contribution >= 4 is 29.2 Å². The van der Waals surface area contributed by atoms with Gasteiger partial charge < -0.3 is 4.74 Å². The summed E-state index contributed by atoms with van der Waals surface area (Å²) in [6.45, 7) is 2.68. The molecule has 0 aliphatic heterocycles. The average molecular weight is 311 g/mol. The van der Waals surface area contributed by atoms with Gasteiger partial charge in [0.25, 0.3) is 0 Å². The van der Waals surface area contributed by atoms with Crippen LogP contribution in [0.1, 0.15) is 77.6 Å². The van der Waals surface area contributed by atoms with Crippen LogP contribution in [0.2, 0.25) is 0 Å². The van der Waals surface area contributed by atoms with E-state index in [2.05, 4.69) is 6.92 Å². The normalized spacial score (nSPS) is 10.9. The van der Waals surface area contributed by atoms with Crippen molar-refractivity contribution < 1.29 is 9.53 Å². The van der Waals surface area contributed by atoms with Crippen molar-refractivity contribution in [1.82, 2.24) is 0 Å². The van der Waals surface area contributed by atoms with Crippen LogP contribution in [0.5, 0.6) is 0 Å². The first-order valence-corrected chi connectivity index (χ1v) is 8.50. The number of alkyl halides is 2. The molecule has 0 saturated heterocycles. The van der Waals surface area contributed by atoms with E-state index in [9.17, 15) is 4.79 Å². The number of carbonyl (C=O) groups excluding carboxylic acids is 1. The Hall–Kier alpha value is 0.0500. The molecule has 0 bridgehead atoms. The molecule has 0 fully saturated rings. The molecular formula is C15H28Cl2O2. The summed E-state index contributed by atoms with van der Waals surface area (Å²) in [5.74, 6) is -0.532. The van der Waals surface area contributed by atoms with Gasteiger partial charge in [0.15, 0.2) is 0 Å². The van der Waals surface area contributed by atoms with Gasteiger partial charge in [-0.2, -0.15) is 0 Å². The lowest BCUT2D eigenvalue weighted by Crippen LogP contribution is -2.12. The Morgan fingerprint density at radius 2 is 1.26 bits per heavy atom. The third kappa shape index (κ3) is 14.3. The Bertz CT molecular complexity index is 208. The minimum absolute atomic E-state index is 0.436. The standard InChI is InChI=1S/C15H28Cl2O2/c1-2-3-4-5-6-7-8-9-10-11-12-13-19-15(18)14(16)17/h14H,2-13H2,1H3. The van der Waals surface area contributed by atoms with Gasteiger partial charge in [-0.05, 0) is 6.42 Å². The summed E-state index contributed by atoms with van der Waals surface area (Å²) >= 11 is 10.7. The molecule has 0 spiro atoms. The monoisotopic (exact) mass is 310 g/mol. The lowest BCUT2D eigenvalue weighted by molar-refractivity contribution is -0.141. The molecule has 0 N–H and O–H groups in total. The van der Waals surface area contributed by atoms with Crippen LogP contribution in [0.4, 0.5) is 0 Å². The molecule has 114 valence electrons. The largest absolute Gasteiger partial charge is 0.464 e. The van der Waals surface area contributed by atoms with Gasteiger partial charge in [-0.3, -0.25) is 0 Å². The maximum atomic E-state index is 10.9. The Morgan fingerprint density at radius 1 is 0.842 bits per heavy atom. The Balaban J connectivity index is 3.05. The van der Waals surface area contributed by atoms with Gasteiger partial charge in [0, 0.05) is 0 Å². The second-order valence-electron chi connectivity index (χ2n) is 5.00. The van der Waals surface area contributed by atoms with Crippen LogP contribution < -0.4 is 0 Å². The molecule has 4 heteroatoms. The Labute approximate surface area is 128 Å². The van der Waals surface area contributed by atoms with Crippen LogP contribution in [0.25, 0.3) is 0 Å². The summed E-state index contributed by atoms with van der Waals surface area (Å²) in [4.78, 5) is 9.89. The van der Waals surface area contributed by atoms with Crippen molar-refractivity contribution in [2.75, 3.05) is 6.61 Å². The van der Waals surface area contributed by atoms with Crippen LogP contribution in [-0.2, 0) is 9.53 Å². The minimum Gasteiger partial charge on any atom is -0.464 e. The molecule has 0 aromatic carbocycles. The number of hydrogen-bond donors (Lipinski definition) is 0. The van der Waals surface area contributed by atoms with E-state index in [0.29, 0.717) is 6.61 Å². The van der Waals surface area contributed by atoms with Crippen LogP contribution in [0.3, 0.4) is 0 Å². The molecule has 0 unspecified atom stereocenters. The number of hydrogen-bond acceptors (Lipinski definition) is 2. The van der Waals surface area contributed by atoms with E-state index in [-0.39, 0.29) is 0 Å². The number of esters is 1. The van der Waals surface area contributed by atoms with Crippen LogP contribution in [0.15, 0.2) is 0 Å². The topological polar surface area (TPSA) is 26.3 Å². The highest BCUT2D eigenvalue weighted by molar-refractivity contribution is 6.52. The average Bonchev–Trinajstić information content (AvgIpc) is 2.39. The summed E-state index contributed by atoms with van der Waals surface area (Å²) in [6, 6.07) is 0. The molecule has 0 saturated carbocycles. The fraction of sp³-hybridized carbons (Fsp3) is 0.933. The molecule has 0 aliphatic carbocycles.